The molecule has 118 valence electrons. The molecule has 0 rings (SSSR count). The van der Waals surface area contributed by atoms with Crippen LogP contribution in [0.2, 0.25) is 0 Å². The Bertz CT molecular complexity index is 292. The normalized spacial score (nSPS) is 12.9. The van der Waals surface area contributed by atoms with Crippen molar-refractivity contribution in [1.29, 1.82) is 0 Å². The van der Waals surface area contributed by atoms with Gasteiger partial charge in [0, 0.05) is 0 Å². The summed E-state index contributed by atoms with van der Waals surface area (Å²) in [5.74, 6) is 0. The zero-order valence-corrected chi connectivity index (χ0v) is 13.3. The van der Waals surface area contributed by atoms with Crippen molar-refractivity contribution in [3.8, 4) is 0 Å². The van der Waals surface area contributed by atoms with Gasteiger partial charge in [0.15, 0.2) is 5.44 Å². The standard InChI is InChI=1S/C14H30O4S.Na.H/c1-3-4-5-6-7-8-9-10-11-12-13-18-19(16,17)14(2)15;;/h14-15H,3-13H2,1-2H3;;. The van der Waals surface area contributed by atoms with Crippen LogP contribution in [0, 0.1) is 0 Å². The Labute approximate surface area is 147 Å². The van der Waals surface area contributed by atoms with E-state index in [1.54, 1.807) is 0 Å². The summed E-state index contributed by atoms with van der Waals surface area (Å²) in [5.41, 5.74) is -1.43. The summed E-state index contributed by atoms with van der Waals surface area (Å²) in [4.78, 5) is 0. The second-order valence-electron chi connectivity index (χ2n) is 5.10. The minimum absolute atomic E-state index is 0. The quantitative estimate of drug-likeness (QED) is 0.322. The molecule has 0 spiro atoms. The van der Waals surface area contributed by atoms with Gasteiger partial charge in [-0.2, -0.15) is 8.42 Å². The molecule has 0 aliphatic carbocycles. The van der Waals surface area contributed by atoms with E-state index in [4.69, 9.17) is 5.11 Å². The van der Waals surface area contributed by atoms with Crippen molar-refractivity contribution in [2.75, 3.05) is 6.61 Å². The van der Waals surface area contributed by atoms with Crippen LogP contribution in [-0.2, 0) is 14.3 Å². The van der Waals surface area contributed by atoms with Crippen LogP contribution in [0.1, 0.15) is 78.1 Å². The Morgan fingerprint density at radius 3 is 1.70 bits per heavy atom. The van der Waals surface area contributed by atoms with E-state index in [9.17, 15) is 8.42 Å². The second-order valence-corrected chi connectivity index (χ2v) is 7.00. The first-order valence-electron chi connectivity index (χ1n) is 7.57. The van der Waals surface area contributed by atoms with Gasteiger partial charge in [-0.3, -0.25) is 4.18 Å². The van der Waals surface area contributed by atoms with Crippen molar-refractivity contribution in [3.63, 3.8) is 0 Å². The Morgan fingerprint density at radius 2 is 1.30 bits per heavy atom. The van der Waals surface area contributed by atoms with Gasteiger partial charge < -0.3 is 5.11 Å². The minimum atomic E-state index is -3.75. The van der Waals surface area contributed by atoms with Crippen molar-refractivity contribution in [2.24, 2.45) is 0 Å². The summed E-state index contributed by atoms with van der Waals surface area (Å²) >= 11 is 0. The van der Waals surface area contributed by atoms with E-state index in [1.165, 1.54) is 51.9 Å². The molecule has 4 nitrogen and oxygen atoms in total. The van der Waals surface area contributed by atoms with Crippen LogP contribution in [0.5, 0.6) is 0 Å². The predicted molar refractivity (Wildman–Crippen MR) is 85.5 cm³/mol. The van der Waals surface area contributed by atoms with E-state index in [0.29, 0.717) is 0 Å². The molecule has 1 unspecified atom stereocenters. The number of rotatable bonds is 13. The Hall–Kier alpha value is 0.870. The zero-order chi connectivity index (χ0) is 14.6. The van der Waals surface area contributed by atoms with Crippen molar-refractivity contribution < 1.29 is 17.7 Å². The summed E-state index contributed by atoms with van der Waals surface area (Å²) in [6.07, 6.45) is 12.0. The molecule has 0 aromatic rings. The first-order valence-corrected chi connectivity index (χ1v) is 9.04. The van der Waals surface area contributed by atoms with Crippen molar-refractivity contribution >= 4 is 39.7 Å². The SMILES string of the molecule is CCCCCCCCCCCCOS(=O)(=O)C(C)O.[NaH]. The molecule has 0 saturated heterocycles. The molecule has 0 bridgehead atoms. The van der Waals surface area contributed by atoms with Gasteiger partial charge in [-0.05, 0) is 13.3 Å². The van der Waals surface area contributed by atoms with Gasteiger partial charge in [-0.1, -0.05) is 64.7 Å². The number of unbranched alkanes of at least 4 members (excludes halogenated alkanes) is 9. The van der Waals surface area contributed by atoms with Crippen LogP contribution >= 0.6 is 0 Å². The molecule has 0 aromatic heterocycles. The van der Waals surface area contributed by atoms with E-state index in [0.717, 1.165) is 19.3 Å². The van der Waals surface area contributed by atoms with Crippen molar-refractivity contribution in [2.45, 2.75) is 83.5 Å². The average Bonchev–Trinajstić information content (AvgIpc) is 2.35. The van der Waals surface area contributed by atoms with Gasteiger partial charge in [-0.25, -0.2) is 0 Å². The van der Waals surface area contributed by atoms with Crippen LogP contribution in [0.4, 0.5) is 0 Å². The van der Waals surface area contributed by atoms with Crippen LogP contribution < -0.4 is 0 Å². The number of hydrogen-bond acceptors (Lipinski definition) is 4. The fraction of sp³-hybridized carbons (Fsp3) is 1.00. The molecule has 0 aromatic carbocycles. The third-order valence-electron chi connectivity index (χ3n) is 3.16. The van der Waals surface area contributed by atoms with E-state index in [2.05, 4.69) is 11.1 Å². The number of aliphatic hydroxyl groups excluding tert-OH is 1. The van der Waals surface area contributed by atoms with E-state index in [-0.39, 0.29) is 36.2 Å². The third-order valence-corrected chi connectivity index (χ3v) is 4.49. The van der Waals surface area contributed by atoms with Gasteiger partial charge in [-0.15, -0.1) is 0 Å². The first kappa shape index (κ1) is 23.1. The van der Waals surface area contributed by atoms with E-state index in [1.807, 2.05) is 0 Å². The summed E-state index contributed by atoms with van der Waals surface area (Å²) in [5, 5.41) is 8.93. The van der Waals surface area contributed by atoms with Gasteiger partial charge in [0.05, 0.1) is 6.61 Å². The molecule has 0 fully saturated rings. The maximum atomic E-state index is 11.1. The van der Waals surface area contributed by atoms with Gasteiger partial charge >= 0.3 is 29.6 Å². The van der Waals surface area contributed by atoms with Gasteiger partial charge in [0.1, 0.15) is 0 Å². The van der Waals surface area contributed by atoms with Crippen LogP contribution in [0.25, 0.3) is 0 Å². The molecule has 6 heteroatoms. The fourth-order valence-electron chi connectivity index (χ4n) is 1.86. The van der Waals surface area contributed by atoms with E-state index >= 15 is 0 Å². The summed E-state index contributed by atoms with van der Waals surface area (Å²) in [6, 6.07) is 0. The summed E-state index contributed by atoms with van der Waals surface area (Å²) in [6.45, 7) is 3.61. The topological polar surface area (TPSA) is 63.6 Å². The zero-order valence-electron chi connectivity index (χ0n) is 12.4. The third kappa shape index (κ3) is 13.8. The fourth-order valence-corrected chi connectivity index (χ4v) is 2.41. The van der Waals surface area contributed by atoms with E-state index < -0.39 is 15.6 Å². The van der Waals surface area contributed by atoms with Gasteiger partial charge in [0.2, 0.25) is 0 Å². The molecule has 0 heterocycles. The Balaban J connectivity index is 0. The second kappa shape index (κ2) is 14.8. The number of hydrogen-bond donors (Lipinski definition) is 1. The van der Waals surface area contributed by atoms with Crippen LogP contribution in [0.15, 0.2) is 0 Å². The number of aliphatic hydroxyl groups is 1. The Kier molecular flexibility index (Phi) is 17.1. The first-order chi connectivity index (χ1) is 9.00. The molecule has 0 aliphatic heterocycles. The molecule has 0 aliphatic rings. The summed E-state index contributed by atoms with van der Waals surface area (Å²) < 4.78 is 26.9. The monoisotopic (exact) mass is 318 g/mol. The van der Waals surface area contributed by atoms with Crippen molar-refractivity contribution in [3.05, 3.63) is 0 Å². The molecular formula is C14H31NaO4S. The van der Waals surface area contributed by atoms with Gasteiger partial charge in [0.25, 0.3) is 10.1 Å². The molecule has 20 heavy (non-hydrogen) atoms. The predicted octanol–water partition coefficient (Wildman–Crippen LogP) is 2.94. The molecule has 0 saturated carbocycles. The molecule has 1 atom stereocenters. The van der Waals surface area contributed by atoms with Crippen molar-refractivity contribution in [1.82, 2.24) is 0 Å². The van der Waals surface area contributed by atoms with Crippen LogP contribution in [-0.4, -0.2) is 55.1 Å². The maximum absolute atomic E-state index is 11.1. The average molecular weight is 318 g/mol. The molecule has 0 radical (unpaired) electrons. The molecule has 0 amide bonds. The Morgan fingerprint density at radius 1 is 0.900 bits per heavy atom. The molecule has 1 N–H and O–H groups in total. The summed E-state index contributed by atoms with van der Waals surface area (Å²) in [7, 11) is -3.75. The molecular weight excluding hydrogens is 287 g/mol. The van der Waals surface area contributed by atoms with Crippen LogP contribution in [0.3, 0.4) is 0 Å².